The molecule has 0 aliphatic heterocycles. The Morgan fingerprint density at radius 1 is 1.14 bits per heavy atom. The van der Waals surface area contributed by atoms with Gasteiger partial charge in [0.05, 0.1) is 24.0 Å². The van der Waals surface area contributed by atoms with E-state index < -0.39 is 17.5 Å². The van der Waals surface area contributed by atoms with Crippen LogP contribution in [0.4, 0.5) is 11.4 Å². The van der Waals surface area contributed by atoms with Crippen molar-refractivity contribution in [2.45, 2.75) is 26.4 Å². The molecule has 0 aromatic heterocycles. The quantitative estimate of drug-likeness (QED) is 0.679. The van der Waals surface area contributed by atoms with E-state index in [0.717, 1.165) is 0 Å². The lowest BCUT2D eigenvalue weighted by Gasteiger charge is -2.22. The third-order valence-electron chi connectivity index (χ3n) is 2.71. The average Bonchev–Trinajstić information content (AvgIpc) is 2.34. The predicted octanol–water partition coefficient (Wildman–Crippen LogP) is 2.08. The number of nitrogen functional groups attached to an aromatic ring is 1. The molecule has 0 saturated carbocycles. The fourth-order valence-electron chi connectivity index (χ4n) is 1.81. The number of carbonyl (C=O) groups excluding carboxylic acids is 2. The van der Waals surface area contributed by atoms with Gasteiger partial charge in [-0.2, -0.15) is 0 Å². The first-order chi connectivity index (χ1) is 9.58. The summed E-state index contributed by atoms with van der Waals surface area (Å²) < 4.78 is 10.0. The van der Waals surface area contributed by atoms with E-state index in [4.69, 9.17) is 15.2 Å². The maximum Gasteiger partial charge on any atom is 0.342 e. The largest absolute Gasteiger partial charge is 0.465 e. The number of ether oxygens (including phenoxy) is 2. The molecule has 0 aliphatic carbocycles. The topological polar surface area (TPSA) is 81.9 Å². The third-order valence-corrected chi connectivity index (χ3v) is 2.71. The maximum atomic E-state index is 12.2. The molecule has 0 radical (unpaired) electrons. The van der Waals surface area contributed by atoms with Crippen LogP contribution in [0.2, 0.25) is 0 Å². The standard InChI is InChI=1S/C15H22N2O4/c1-15(2,3)21-13(18)9-7-8-10(17(4)5)11(12(9)16)14(19)20-6/h7-8H,16H2,1-6H3. The molecule has 0 atom stereocenters. The first-order valence-electron chi connectivity index (χ1n) is 6.50. The van der Waals surface area contributed by atoms with Gasteiger partial charge < -0.3 is 20.1 Å². The van der Waals surface area contributed by atoms with Crippen molar-refractivity contribution in [3.63, 3.8) is 0 Å². The molecule has 0 heterocycles. The van der Waals surface area contributed by atoms with Crippen LogP contribution in [0.15, 0.2) is 12.1 Å². The number of methoxy groups -OCH3 is 1. The number of rotatable bonds is 3. The van der Waals surface area contributed by atoms with Crippen LogP contribution in [0, 0.1) is 0 Å². The van der Waals surface area contributed by atoms with Gasteiger partial charge in [0.2, 0.25) is 0 Å². The van der Waals surface area contributed by atoms with Gasteiger partial charge in [0.15, 0.2) is 0 Å². The van der Waals surface area contributed by atoms with Crippen molar-refractivity contribution in [2.24, 2.45) is 0 Å². The minimum absolute atomic E-state index is 0.0577. The highest BCUT2D eigenvalue weighted by atomic mass is 16.6. The van der Waals surface area contributed by atoms with Gasteiger partial charge in [-0.05, 0) is 32.9 Å². The maximum absolute atomic E-state index is 12.2. The van der Waals surface area contributed by atoms with Gasteiger partial charge in [-0.3, -0.25) is 0 Å². The summed E-state index contributed by atoms with van der Waals surface area (Å²) in [7, 11) is 4.81. The summed E-state index contributed by atoms with van der Waals surface area (Å²) in [5, 5.41) is 0. The number of anilines is 2. The molecule has 1 aromatic rings. The third kappa shape index (κ3) is 3.87. The number of esters is 2. The molecule has 6 nitrogen and oxygen atoms in total. The molecule has 0 aliphatic rings. The Kier molecular flexibility index (Phi) is 4.83. The van der Waals surface area contributed by atoms with Gasteiger partial charge >= 0.3 is 11.9 Å². The number of hydrogen-bond acceptors (Lipinski definition) is 6. The summed E-state index contributed by atoms with van der Waals surface area (Å²) in [4.78, 5) is 25.8. The van der Waals surface area contributed by atoms with Crippen molar-refractivity contribution in [1.82, 2.24) is 0 Å². The minimum Gasteiger partial charge on any atom is -0.465 e. The highest BCUT2D eigenvalue weighted by molar-refractivity contribution is 6.07. The van der Waals surface area contributed by atoms with E-state index in [1.807, 2.05) is 0 Å². The van der Waals surface area contributed by atoms with Crippen LogP contribution in [0.1, 0.15) is 41.5 Å². The molecule has 21 heavy (non-hydrogen) atoms. The minimum atomic E-state index is -0.644. The summed E-state index contributed by atoms with van der Waals surface area (Å²) in [5.74, 6) is -1.17. The number of hydrogen-bond donors (Lipinski definition) is 1. The zero-order chi connectivity index (χ0) is 16.4. The first-order valence-corrected chi connectivity index (χ1v) is 6.50. The van der Waals surface area contributed by atoms with Gasteiger partial charge in [-0.25, -0.2) is 9.59 Å². The number of nitrogens with zero attached hydrogens (tertiary/aromatic N) is 1. The predicted molar refractivity (Wildman–Crippen MR) is 81.7 cm³/mol. The van der Waals surface area contributed by atoms with Gasteiger partial charge in [-0.1, -0.05) is 0 Å². The van der Waals surface area contributed by atoms with E-state index in [9.17, 15) is 9.59 Å². The summed E-state index contributed by atoms with van der Waals surface area (Å²) in [6.45, 7) is 5.28. The van der Waals surface area contributed by atoms with E-state index in [0.29, 0.717) is 5.69 Å². The molecule has 116 valence electrons. The average molecular weight is 294 g/mol. The molecule has 1 aromatic carbocycles. The summed E-state index contributed by atoms with van der Waals surface area (Å²) in [6, 6.07) is 3.19. The SMILES string of the molecule is COC(=O)c1c(N(C)C)ccc(C(=O)OC(C)(C)C)c1N. The molecule has 6 heteroatoms. The van der Waals surface area contributed by atoms with Crippen molar-refractivity contribution in [2.75, 3.05) is 31.8 Å². The summed E-state index contributed by atoms with van der Waals surface area (Å²) in [6.07, 6.45) is 0. The fraction of sp³-hybridized carbons (Fsp3) is 0.467. The Morgan fingerprint density at radius 2 is 1.71 bits per heavy atom. The number of benzene rings is 1. The monoisotopic (exact) mass is 294 g/mol. The molecule has 0 amide bonds. The Labute approximate surface area is 124 Å². The fourth-order valence-corrected chi connectivity index (χ4v) is 1.81. The highest BCUT2D eigenvalue weighted by Gasteiger charge is 2.25. The molecule has 0 saturated heterocycles. The summed E-state index contributed by atoms with van der Waals surface area (Å²) in [5.41, 5.74) is 6.29. The molecule has 0 fully saturated rings. The van der Waals surface area contributed by atoms with Crippen molar-refractivity contribution in [3.8, 4) is 0 Å². The van der Waals surface area contributed by atoms with Crippen molar-refractivity contribution in [1.29, 1.82) is 0 Å². The van der Waals surface area contributed by atoms with Crippen LogP contribution >= 0.6 is 0 Å². The second kappa shape index (κ2) is 6.03. The smallest absolute Gasteiger partial charge is 0.342 e. The van der Waals surface area contributed by atoms with Crippen LogP contribution in [0.25, 0.3) is 0 Å². The molecule has 0 unspecified atom stereocenters. The van der Waals surface area contributed by atoms with E-state index in [2.05, 4.69) is 0 Å². The lowest BCUT2D eigenvalue weighted by Crippen LogP contribution is -2.25. The molecule has 1 rings (SSSR count). The van der Waals surface area contributed by atoms with Gasteiger partial charge in [0, 0.05) is 14.1 Å². The Hall–Kier alpha value is -2.24. The van der Waals surface area contributed by atoms with Crippen LogP contribution < -0.4 is 10.6 Å². The van der Waals surface area contributed by atoms with Crippen molar-refractivity contribution in [3.05, 3.63) is 23.3 Å². The van der Waals surface area contributed by atoms with Crippen LogP contribution in [-0.2, 0) is 9.47 Å². The van der Waals surface area contributed by atoms with Crippen molar-refractivity contribution >= 4 is 23.3 Å². The van der Waals surface area contributed by atoms with Crippen LogP contribution in [-0.4, -0.2) is 38.7 Å². The summed E-state index contributed by atoms with van der Waals surface area (Å²) >= 11 is 0. The lowest BCUT2D eigenvalue weighted by molar-refractivity contribution is 0.00708. The van der Waals surface area contributed by atoms with E-state index in [-0.39, 0.29) is 16.8 Å². The van der Waals surface area contributed by atoms with Crippen LogP contribution in [0.5, 0.6) is 0 Å². The zero-order valence-electron chi connectivity index (χ0n) is 13.3. The number of nitrogens with two attached hydrogens (primary N) is 1. The molecular formula is C15H22N2O4. The lowest BCUT2D eigenvalue weighted by atomic mass is 10.0. The Bertz CT molecular complexity index is 560. The normalized spacial score (nSPS) is 11.0. The van der Waals surface area contributed by atoms with E-state index in [1.54, 1.807) is 51.9 Å². The van der Waals surface area contributed by atoms with Gasteiger partial charge in [0.1, 0.15) is 11.2 Å². The molecular weight excluding hydrogens is 272 g/mol. The van der Waals surface area contributed by atoms with Gasteiger partial charge in [-0.15, -0.1) is 0 Å². The van der Waals surface area contributed by atoms with Crippen LogP contribution in [0.3, 0.4) is 0 Å². The Balaban J connectivity index is 3.38. The Morgan fingerprint density at radius 3 is 2.14 bits per heavy atom. The number of carbonyl (C=O) groups is 2. The second-order valence-electron chi connectivity index (χ2n) is 5.81. The highest BCUT2D eigenvalue weighted by Crippen LogP contribution is 2.29. The van der Waals surface area contributed by atoms with E-state index in [1.165, 1.54) is 7.11 Å². The van der Waals surface area contributed by atoms with Crippen molar-refractivity contribution < 1.29 is 19.1 Å². The molecule has 0 bridgehead atoms. The first kappa shape index (κ1) is 16.8. The second-order valence-corrected chi connectivity index (χ2v) is 5.81. The molecule has 0 spiro atoms. The van der Waals surface area contributed by atoms with Gasteiger partial charge in [0.25, 0.3) is 0 Å². The molecule has 2 N–H and O–H groups in total. The zero-order valence-corrected chi connectivity index (χ0v) is 13.3. The van der Waals surface area contributed by atoms with E-state index >= 15 is 0 Å².